The molecule has 0 saturated heterocycles. The number of fused-ring (bicyclic) bond motifs is 1. The van der Waals surface area contributed by atoms with E-state index in [-0.39, 0.29) is 17.9 Å². The molecule has 3 rings (SSSR count). The van der Waals surface area contributed by atoms with Crippen molar-refractivity contribution in [3.63, 3.8) is 0 Å². The average Bonchev–Trinajstić information content (AvgIpc) is 3.10. The van der Waals surface area contributed by atoms with Crippen molar-refractivity contribution < 1.29 is 22.8 Å². The van der Waals surface area contributed by atoms with Crippen molar-refractivity contribution in [3.8, 4) is 0 Å². The summed E-state index contributed by atoms with van der Waals surface area (Å²) in [4.78, 5) is 27.5. The van der Waals surface area contributed by atoms with E-state index < -0.39 is 18.6 Å². The smallest absolute Gasteiger partial charge is 0.361 e. The van der Waals surface area contributed by atoms with E-state index in [1.807, 2.05) is 35.8 Å². The Bertz CT molecular complexity index is 1060. The first-order valence-corrected chi connectivity index (χ1v) is 9.53. The lowest BCUT2D eigenvalue weighted by Gasteiger charge is -2.12. The largest absolute Gasteiger partial charge is 0.405 e. The molecular weight excluding hydrogens is 395 g/mol. The minimum Gasteiger partial charge on any atom is -0.361 e. The van der Waals surface area contributed by atoms with Gasteiger partial charge >= 0.3 is 6.18 Å². The van der Waals surface area contributed by atoms with Crippen molar-refractivity contribution in [2.24, 2.45) is 0 Å². The van der Waals surface area contributed by atoms with Crippen molar-refractivity contribution in [1.82, 2.24) is 10.3 Å². The van der Waals surface area contributed by atoms with Gasteiger partial charge in [0.1, 0.15) is 6.54 Å². The summed E-state index contributed by atoms with van der Waals surface area (Å²) in [5.74, 6) is -1.06. The molecular formula is C22H22F3N3O2. The summed E-state index contributed by atoms with van der Waals surface area (Å²) < 4.78 is 36.8. The molecule has 0 fully saturated rings. The Hall–Kier alpha value is -3.29. The molecule has 0 bridgehead atoms. The minimum absolute atomic E-state index is 0.0546. The topological polar surface area (TPSA) is 74.0 Å². The molecule has 0 aliphatic rings. The maximum Gasteiger partial charge on any atom is 0.405 e. The minimum atomic E-state index is -4.48. The number of hydrogen-bond acceptors (Lipinski definition) is 2. The molecule has 0 aliphatic heterocycles. The highest BCUT2D eigenvalue weighted by Crippen LogP contribution is 2.21. The number of carbonyl (C=O) groups is 2. The zero-order valence-corrected chi connectivity index (χ0v) is 16.4. The van der Waals surface area contributed by atoms with Gasteiger partial charge in [0.05, 0.1) is 0 Å². The van der Waals surface area contributed by atoms with E-state index in [2.05, 4.69) is 10.3 Å². The number of para-hydroxylation sites is 1. The Morgan fingerprint density at radius 2 is 1.87 bits per heavy atom. The van der Waals surface area contributed by atoms with Gasteiger partial charge < -0.3 is 15.6 Å². The van der Waals surface area contributed by atoms with Gasteiger partial charge in [-0.1, -0.05) is 24.3 Å². The summed E-state index contributed by atoms with van der Waals surface area (Å²) in [6.45, 7) is 0.341. The molecule has 1 aromatic heterocycles. The fourth-order valence-electron chi connectivity index (χ4n) is 3.17. The van der Waals surface area contributed by atoms with E-state index in [9.17, 15) is 22.8 Å². The fraction of sp³-hybridized carbons (Fsp3) is 0.273. The molecule has 0 saturated carbocycles. The molecule has 0 unspecified atom stereocenters. The Morgan fingerprint density at radius 1 is 1.10 bits per heavy atom. The monoisotopic (exact) mass is 417 g/mol. The number of carbonyl (C=O) groups excluding carboxylic acids is 2. The number of halogens is 3. The van der Waals surface area contributed by atoms with E-state index in [1.165, 1.54) is 12.1 Å². The van der Waals surface area contributed by atoms with Crippen LogP contribution in [-0.2, 0) is 11.2 Å². The van der Waals surface area contributed by atoms with Crippen LogP contribution in [0.25, 0.3) is 10.9 Å². The molecule has 2 aromatic carbocycles. The van der Waals surface area contributed by atoms with Crippen molar-refractivity contribution in [2.75, 3.05) is 11.9 Å². The predicted molar refractivity (Wildman–Crippen MR) is 109 cm³/mol. The van der Waals surface area contributed by atoms with Crippen molar-refractivity contribution in [1.29, 1.82) is 0 Å². The molecule has 30 heavy (non-hydrogen) atoms. The van der Waals surface area contributed by atoms with Gasteiger partial charge in [-0.05, 0) is 49.1 Å². The quantitative estimate of drug-likeness (QED) is 0.520. The van der Waals surface area contributed by atoms with Crippen LogP contribution < -0.4 is 10.6 Å². The van der Waals surface area contributed by atoms with Crippen LogP contribution in [0.15, 0.2) is 48.7 Å². The second kappa shape index (κ2) is 9.02. The third-order valence-corrected chi connectivity index (χ3v) is 4.75. The van der Waals surface area contributed by atoms with E-state index in [4.69, 9.17) is 0 Å². The van der Waals surface area contributed by atoms with Crippen molar-refractivity contribution >= 4 is 28.4 Å². The van der Waals surface area contributed by atoms with Gasteiger partial charge in [0.2, 0.25) is 5.91 Å². The zero-order valence-electron chi connectivity index (χ0n) is 16.4. The molecule has 158 valence electrons. The SMILES string of the molecule is Cc1ccc(C(=O)NCC(F)(F)F)cc1NC(=O)CCCc1c[nH]c2ccccc12. The second-order valence-electron chi connectivity index (χ2n) is 7.09. The van der Waals surface area contributed by atoms with Gasteiger partial charge in [-0.25, -0.2) is 0 Å². The van der Waals surface area contributed by atoms with Crippen LogP contribution in [0.2, 0.25) is 0 Å². The van der Waals surface area contributed by atoms with Gasteiger partial charge in [-0.3, -0.25) is 9.59 Å². The number of benzene rings is 2. The van der Waals surface area contributed by atoms with E-state index in [0.717, 1.165) is 22.9 Å². The summed E-state index contributed by atoms with van der Waals surface area (Å²) in [6, 6.07) is 12.3. The van der Waals surface area contributed by atoms with Gasteiger partial charge in [-0.15, -0.1) is 0 Å². The van der Waals surface area contributed by atoms with Gasteiger partial charge in [0, 0.05) is 34.8 Å². The van der Waals surface area contributed by atoms with Crippen LogP contribution >= 0.6 is 0 Å². The number of amides is 2. The van der Waals surface area contributed by atoms with Crippen LogP contribution in [0.1, 0.15) is 34.3 Å². The lowest BCUT2D eigenvalue weighted by molar-refractivity contribution is -0.123. The number of rotatable bonds is 7. The highest BCUT2D eigenvalue weighted by Gasteiger charge is 2.28. The Kier molecular flexibility index (Phi) is 6.44. The number of hydrogen-bond donors (Lipinski definition) is 3. The first-order chi connectivity index (χ1) is 14.2. The van der Waals surface area contributed by atoms with E-state index >= 15 is 0 Å². The van der Waals surface area contributed by atoms with Crippen LogP contribution in [-0.4, -0.2) is 29.5 Å². The molecule has 0 radical (unpaired) electrons. The summed E-state index contributed by atoms with van der Waals surface area (Å²) in [7, 11) is 0. The van der Waals surface area contributed by atoms with Crippen LogP contribution in [0.3, 0.4) is 0 Å². The fourth-order valence-corrected chi connectivity index (χ4v) is 3.17. The van der Waals surface area contributed by atoms with E-state index in [1.54, 1.807) is 13.0 Å². The van der Waals surface area contributed by atoms with Crippen molar-refractivity contribution in [3.05, 3.63) is 65.4 Å². The third-order valence-electron chi connectivity index (χ3n) is 4.75. The lowest BCUT2D eigenvalue weighted by Crippen LogP contribution is -2.33. The molecule has 3 aromatic rings. The molecule has 2 amide bonds. The molecule has 3 N–H and O–H groups in total. The highest BCUT2D eigenvalue weighted by molar-refractivity contribution is 5.97. The second-order valence-corrected chi connectivity index (χ2v) is 7.09. The van der Waals surface area contributed by atoms with Crippen LogP contribution in [0.5, 0.6) is 0 Å². The molecule has 0 spiro atoms. The molecule has 8 heteroatoms. The van der Waals surface area contributed by atoms with E-state index in [0.29, 0.717) is 17.7 Å². The normalized spacial score (nSPS) is 11.5. The van der Waals surface area contributed by atoms with Gasteiger partial charge in [0.15, 0.2) is 0 Å². The van der Waals surface area contributed by atoms with Crippen LogP contribution in [0, 0.1) is 6.92 Å². The number of alkyl halides is 3. The summed E-state index contributed by atoms with van der Waals surface area (Å²) >= 11 is 0. The lowest BCUT2D eigenvalue weighted by atomic mass is 10.1. The predicted octanol–water partition coefficient (Wildman–Crippen LogP) is 4.73. The number of anilines is 1. The first kappa shape index (κ1) is 21.4. The first-order valence-electron chi connectivity index (χ1n) is 9.53. The maximum absolute atomic E-state index is 12.3. The molecule has 5 nitrogen and oxygen atoms in total. The van der Waals surface area contributed by atoms with Crippen LogP contribution in [0.4, 0.5) is 18.9 Å². The van der Waals surface area contributed by atoms with Gasteiger partial charge in [0.25, 0.3) is 5.91 Å². The maximum atomic E-state index is 12.3. The number of nitrogens with one attached hydrogen (secondary N) is 3. The summed E-state index contributed by atoms with van der Waals surface area (Å²) in [5, 5.41) is 5.70. The Morgan fingerprint density at radius 3 is 2.63 bits per heavy atom. The number of aryl methyl sites for hydroxylation is 2. The van der Waals surface area contributed by atoms with Crippen molar-refractivity contribution in [2.45, 2.75) is 32.4 Å². The zero-order chi connectivity index (χ0) is 21.7. The number of aromatic amines is 1. The summed E-state index contributed by atoms with van der Waals surface area (Å²) in [5.41, 5.74) is 3.36. The standard InChI is InChI=1S/C22H22F3N3O2/c1-14-9-10-15(21(30)27-13-22(23,24)25)11-19(14)28-20(29)8-4-5-16-12-26-18-7-3-2-6-17(16)18/h2-3,6-7,9-12,26H,4-5,8,13H2,1H3,(H,27,30)(H,28,29). The molecule has 1 heterocycles. The Balaban J connectivity index is 1.56. The average molecular weight is 417 g/mol. The molecule has 0 atom stereocenters. The third kappa shape index (κ3) is 5.62. The Labute approximate surface area is 171 Å². The highest BCUT2D eigenvalue weighted by atomic mass is 19.4. The summed E-state index contributed by atoms with van der Waals surface area (Å²) in [6.07, 6.45) is -0.893. The van der Waals surface area contributed by atoms with Gasteiger partial charge in [-0.2, -0.15) is 13.2 Å². The number of H-pyrrole nitrogens is 1. The number of aromatic nitrogens is 1. The molecule has 0 aliphatic carbocycles.